The highest BCUT2D eigenvalue weighted by atomic mass is 32.2. The third kappa shape index (κ3) is 4.33. The Hall–Kier alpha value is -0.180. The van der Waals surface area contributed by atoms with Gasteiger partial charge in [-0.1, -0.05) is 6.92 Å². The molecule has 0 bridgehead atoms. The van der Waals surface area contributed by atoms with Crippen molar-refractivity contribution in [1.82, 2.24) is 0 Å². The molecule has 0 heterocycles. The quantitative estimate of drug-likeness (QED) is 0.564. The number of thioether (sulfide) groups is 1. The zero-order valence-electron chi connectivity index (χ0n) is 6.01. The molecule has 0 aromatic rings. The van der Waals surface area contributed by atoms with E-state index in [1.807, 2.05) is 13.2 Å². The van der Waals surface area contributed by atoms with Crippen LogP contribution in [0, 0.1) is 0 Å². The van der Waals surface area contributed by atoms with Crippen molar-refractivity contribution in [3.05, 3.63) is 0 Å². The van der Waals surface area contributed by atoms with E-state index in [1.54, 1.807) is 11.8 Å². The number of hydrogen-bond donors (Lipinski definition) is 0. The predicted molar refractivity (Wildman–Crippen MR) is 39.6 cm³/mol. The largest absolute Gasteiger partial charge is 0.469 e. The molecule has 1 atom stereocenters. The molecule has 0 saturated carbocycles. The van der Waals surface area contributed by atoms with Gasteiger partial charge in [0, 0.05) is 5.25 Å². The summed E-state index contributed by atoms with van der Waals surface area (Å²) in [5.41, 5.74) is 0. The standard InChI is InChI=1S/C6H12O2S/c1-5(9-3)4-6(7)8-2/h5H,4H2,1-3H3. The van der Waals surface area contributed by atoms with Crippen molar-refractivity contribution >= 4 is 17.7 Å². The Morgan fingerprint density at radius 3 is 2.67 bits per heavy atom. The van der Waals surface area contributed by atoms with E-state index in [4.69, 9.17) is 0 Å². The SMILES string of the molecule is COC(=O)CC(C)SC. The lowest BCUT2D eigenvalue weighted by molar-refractivity contribution is -0.140. The summed E-state index contributed by atoms with van der Waals surface area (Å²) in [6.45, 7) is 2.00. The van der Waals surface area contributed by atoms with E-state index in [2.05, 4.69) is 4.74 Å². The fourth-order valence-electron chi connectivity index (χ4n) is 0.401. The highest BCUT2D eigenvalue weighted by Gasteiger charge is 2.05. The number of rotatable bonds is 3. The summed E-state index contributed by atoms with van der Waals surface area (Å²) >= 11 is 1.67. The Labute approximate surface area is 60.0 Å². The van der Waals surface area contributed by atoms with Crippen LogP contribution >= 0.6 is 11.8 Å². The fraction of sp³-hybridized carbons (Fsp3) is 0.833. The first kappa shape index (κ1) is 8.82. The maximum Gasteiger partial charge on any atom is 0.306 e. The monoisotopic (exact) mass is 148 g/mol. The number of hydrogen-bond acceptors (Lipinski definition) is 3. The summed E-state index contributed by atoms with van der Waals surface area (Å²) in [5, 5.41) is 0.373. The van der Waals surface area contributed by atoms with Gasteiger partial charge in [0.05, 0.1) is 13.5 Å². The van der Waals surface area contributed by atoms with Crippen LogP contribution in [0.25, 0.3) is 0 Å². The van der Waals surface area contributed by atoms with Gasteiger partial charge in [-0.25, -0.2) is 0 Å². The highest BCUT2D eigenvalue weighted by Crippen LogP contribution is 2.09. The van der Waals surface area contributed by atoms with Gasteiger partial charge in [0.2, 0.25) is 0 Å². The molecule has 2 nitrogen and oxygen atoms in total. The zero-order valence-corrected chi connectivity index (χ0v) is 6.83. The summed E-state index contributed by atoms with van der Waals surface area (Å²) < 4.78 is 4.47. The van der Waals surface area contributed by atoms with Gasteiger partial charge in [0.25, 0.3) is 0 Å². The number of esters is 1. The van der Waals surface area contributed by atoms with Crippen molar-refractivity contribution in [2.45, 2.75) is 18.6 Å². The highest BCUT2D eigenvalue weighted by molar-refractivity contribution is 7.99. The molecule has 0 aromatic carbocycles. The first-order valence-electron chi connectivity index (χ1n) is 2.80. The summed E-state index contributed by atoms with van der Waals surface area (Å²) in [4.78, 5) is 10.5. The number of carbonyl (C=O) groups is 1. The maximum absolute atomic E-state index is 10.5. The summed E-state index contributed by atoms with van der Waals surface area (Å²) in [6, 6.07) is 0. The Kier molecular flexibility index (Phi) is 4.58. The molecule has 0 amide bonds. The normalized spacial score (nSPS) is 12.8. The molecular formula is C6H12O2S. The lowest BCUT2D eigenvalue weighted by Gasteiger charge is -2.03. The van der Waals surface area contributed by atoms with Crippen molar-refractivity contribution in [3.63, 3.8) is 0 Å². The second-order valence-electron chi connectivity index (χ2n) is 1.83. The second-order valence-corrected chi connectivity index (χ2v) is 3.10. The van der Waals surface area contributed by atoms with Gasteiger partial charge in [-0.2, -0.15) is 11.8 Å². The van der Waals surface area contributed by atoms with Crippen LogP contribution in [0.2, 0.25) is 0 Å². The molecule has 0 aromatic heterocycles. The average molecular weight is 148 g/mol. The van der Waals surface area contributed by atoms with Gasteiger partial charge in [-0.05, 0) is 6.26 Å². The van der Waals surface area contributed by atoms with Gasteiger partial charge in [-0.3, -0.25) is 4.79 Å². The molecule has 3 heteroatoms. The van der Waals surface area contributed by atoms with Gasteiger partial charge >= 0.3 is 5.97 Å². The van der Waals surface area contributed by atoms with Crippen molar-refractivity contribution in [3.8, 4) is 0 Å². The van der Waals surface area contributed by atoms with Crippen LogP contribution in [0.5, 0.6) is 0 Å². The lowest BCUT2D eigenvalue weighted by atomic mass is 10.3. The minimum atomic E-state index is -0.128. The molecule has 0 fully saturated rings. The Morgan fingerprint density at radius 2 is 2.33 bits per heavy atom. The fourth-order valence-corrected chi connectivity index (χ4v) is 0.704. The molecule has 9 heavy (non-hydrogen) atoms. The Bertz CT molecular complexity index is 93.1. The van der Waals surface area contributed by atoms with Crippen LogP contribution in [0.1, 0.15) is 13.3 Å². The van der Waals surface area contributed by atoms with Crippen LogP contribution in [0.4, 0.5) is 0 Å². The van der Waals surface area contributed by atoms with Crippen LogP contribution in [-0.4, -0.2) is 24.6 Å². The number of methoxy groups -OCH3 is 1. The van der Waals surface area contributed by atoms with E-state index >= 15 is 0 Å². The van der Waals surface area contributed by atoms with E-state index in [0.29, 0.717) is 11.7 Å². The molecule has 0 rings (SSSR count). The lowest BCUT2D eigenvalue weighted by Crippen LogP contribution is -2.07. The Morgan fingerprint density at radius 1 is 1.78 bits per heavy atom. The van der Waals surface area contributed by atoms with E-state index in [-0.39, 0.29) is 5.97 Å². The van der Waals surface area contributed by atoms with Crippen LogP contribution < -0.4 is 0 Å². The topological polar surface area (TPSA) is 26.3 Å². The van der Waals surface area contributed by atoms with E-state index in [0.717, 1.165) is 0 Å². The van der Waals surface area contributed by atoms with E-state index in [1.165, 1.54) is 7.11 Å². The van der Waals surface area contributed by atoms with E-state index < -0.39 is 0 Å². The van der Waals surface area contributed by atoms with Crippen molar-refractivity contribution in [2.75, 3.05) is 13.4 Å². The smallest absolute Gasteiger partial charge is 0.306 e. The predicted octanol–water partition coefficient (Wildman–Crippen LogP) is 1.30. The average Bonchev–Trinajstić information content (AvgIpc) is 1.87. The zero-order chi connectivity index (χ0) is 7.28. The third-order valence-corrected chi connectivity index (χ3v) is 2.06. The maximum atomic E-state index is 10.5. The summed E-state index contributed by atoms with van der Waals surface area (Å²) in [7, 11) is 1.41. The van der Waals surface area contributed by atoms with Gasteiger partial charge < -0.3 is 4.74 Å². The molecule has 0 aliphatic carbocycles. The second kappa shape index (κ2) is 4.68. The number of ether oxygens (including phenoxy) is 1. The van der Waals surface area contributed by atoms with Gasteiger partial charge in [0.15, 0.2) is 0 Å². The van der Waals surface area contributed by atoms with Gasteiger partial charge in [0.1, 0.15) is 0 Å². The minimum Gasteiger partial charge on any atom is -0.469 e. The molecule has 0 spiro atoms. The number of carbonyl (C=O) groups excluding carboxylic acids is 1. The first-order chi connectivity index (χ1) is 4.20. The molecule has 0 saturated heterocycles. The van der Waals surface area contributed by atoms with Crippen molar-refractivity contribution in [1.29, 1.82) is 0 Å². The van der Waals surface area contributed by atoms with Crippen LogP contribution in [0.15, 0.2) is 0 Å². The molecule has 0 aliphatic rings. The first-order valence-corrected chi connectivity index (χ1v) is 4.09. The molecule has 54 valence electrons. The molecule has 0 N–H and O–H groups in total. The molecule has 0 aliphatic heterocycles. The summed E-state index contributed by atoms with van der Waals surface area (Å²) in [5.74, 6) is -0.128. The third-order valence-electron chi connectivity index (χ3n) is 1.08. The van der Waals surface area contributed by atoms with Crippen LogP contribution in [0.3, 0.4) is 0 Å². The Balaban J connectivity index is 3.34. The van der Waals surface area contributed by atoms with Crippen LogP contribution in [-0.2, 0) is 9.53 Å². The summed E-state index contributed by atoms with van der Waals surface area (Å²) in [6.07, 6.45) is 2.49. The van der Waals surface area contributed by atoms with Crippen molar-refractivity contribution < 1.29 is 9.53 Å². The van der Waals surface area contributed by atoms with Gasteiger partial charge in [-0.15, -0.1) is 0 Å². The molecular weight excluding hydrogens is 136 g/mol. The molecule has 0 radical (unpaired) electrons. The molecule has 1 unspecified atom stereocenters. The van der Waals surface area contributed by atoms with E-state index in [9.17, 15) is 4.79 Å². The van der Waals surface area contributed by atoms with Crippen molar-refractivity contribution in [2.24, 2.45) is 0 Å². The minimum absolute atomic E-state index is 0.128.